The maximum absolute atomic E-state index is 11.9. The molecule has 102 valence electrons. The molecule has 0 atom stereocenters. The van der Waals surface area contributed by atoms with Crippen LogP contribution in [0.15, 0.2) is 24.3 Å². The van der Waals surface area contributed by atoms with Crippen LogP contribution in [0.1, 0.15) is 38.5 Å². The third-order valence-electron chi connectivity index (χ3n) is 4.33. The van der Waals surface area contributed by atoms with E-state index in [0.717, 1.165) is 31.6 Å². The Morgan fingerprint density at radius 3 is 2.26 bits per heavy atom. The minimum atomic E-state index is 0.192. The van der Waals surface area contributed by atoms with Crippen LogP contribution in [0, 0.1) is 5.92 Å². The van der Waals surface area contributed by atoms with Crippen LogP contribution in [0.5, 0.6) is 0 Å². The van der Waals surface area contributed by atoms with Gasteiger partial charge in [0.2, 0.25) is 5.91 Å². The standard InChI is InChI=1S/C16H22N2O/c19-16(13-5-4-6-13)17-14-7-9-15(10-8-14)18-11-2-1-3-12-18/h7-10,13H,1-6,11-12H2,(H,17,19). The van der Waals surface area contributed by atoms with Crippen molar-refractivity contribution in [2.75, 3.05) is 23.3 Å². The van der Waals surface area contributed by atoms with Gasteiger partial charge in [-0.1, -0.05) is 6.42 Å². The van der Waals surface area contributed by atoms with Crippen molar-refractivity contribution in [3.8, 4) is 0 Å². The highest BCUT2D eigenvalue weighted by molar-refractivity contribution is 5.93. The van der Waals surface area contributed by atoms with Crippen molar-refractivity contribution in [1.82, 2.24) is 0 Å². The van der Waals surface area contributed by atoms with Crippen LogP contribution in [0.2, 0.25) is 0 Å². The molecule has 1 amide bonds. The van der Waals surface area contributed by atoms with E-state index in [-0.39, 0.29) is 11.8 Å². The molecule has 0 radical (unpaired) electrons. The second kappa shape index (κ2) is 5.64. The van der Waals surface area contributed by atoms with E-state index in [1.807, 2.05) is 12.1 Å². The fourth-order valence-corrected chi connectivity index (χ4v) is 2.82. The van der Waals surface area contributed by atoms with Crippen molar-refractivity contribution in [1.29, 1.82) is 0 Å². The normalized spacial score (nSPS) is 19.9. The molecular weight excluding hydrogens is 236 g/mol. The predicted molar refractivity (Wildman–Crippen MR) is 78.5 cm³/mol. The number of anilines is 2. The Morgan fingerprint density at radius 1 is 1.00 bits per heavy atom. The van der Waals surface area contributed by atoms with Gasteiger partial charge in [0, 0.05) is 30.4 Å². The molecule has 1 aliphatic heterocycles. The smallest absolute Gasteiger partial charge is 0.227 e. The molecule has 3 heteroatoms. The summed E-state index contributed by atoms with van der Waals surface area (Å²) in [5, 5.41) is 3.02. The number of benzene rings is 1. The Kier molecular flexibility index (Phi) is 3.72. The maximum Gasteiger partial charge on any atom is 0.227 e. The zero-order valence-electron chi connectivity index (χ0n) is 11.4. The van der Waals surface area contributed by atoms with Crippen molar-refractivity contribution < 1.29 is 4.79 Å². The minimum Gasteiger partial charge on any atom is -0.372 e. The molecule has 1 heterocycles. The SMILES string of the molecule is O=C(Nc1ccc(N2CCCCC2)cc1)C1CCC1. The number of hydrogen-bond donors (Lipinski definition) is 1. The summed E-state index contributed by atoms with van der Waals surface area (Å²) in [5.74, 6) is 0.443. The first-order valence-electron chi connectivity index (χ1n) is 7.49. The quantitative estimate of drug-likeness (QED) is 0.901. The molecule has 0 unspecified atom stereocenters. The van der Waals surface area contributed by atoms with Crippen molar-refractivity contribution in [2.45, 2.75) is 38.5 Å². The van der Waals surface area contributed by atoms with Gasteiger partial charge >= 0.3 is 0 Å². The van der Waals surface area contributed by atoms with Gasteiger partial charge in [-0.05, 0) is 56.4 Å². The highest BCUT2D eigenvalue weighted by Gasteiger charge is 2.25. The average Bonchev–Trinajstić information content (AvgIpc) is 2.38. The van der Waals surface area contributed by atoms with E-state index in [4.69, 9.17) is 0 Å². The second-order valence-corrected chi connectivity index (χ2v) is 5.71. The fraction of sp³-hybridized carbons (Fsp3) is 0.562. The van der Waals surface area contributed by atoms with Crippen molar-refractivity contribution in [3.05, 3.63) is 24.3 Å². The van der Waals surface area contributed by atoms with E-state index < -0.39 is 0 Å². The number of nitrogens with zero attached hydrogens (tertiary/aromatic N) is 1. The van der Waals surface area contributed by atoms with Gasteiger partial charge in [-0.3, -0.25) is 4.79 Å². The molecule has 1 N–H and O–H groups in total. The van der Waals surface area contributed by atoms with Gasteiger partial charge in [0.25, 0.3) is 0 Å². The van der Waals surface area contributed by atoms with Gasteiger partial charge in [0.1, 0.15) is 0 Å². The van der Waals surface area contributed by atoms with Crippen LogP contribution in [-0.2, 0) is 4.79 Å². The topological polar surface area (TPSA) is 32.3 Å². The Hall–Kier alpha value is -1.51. The van der Waals surface area contributed by atoms with Crippen LogP contribution < -0.4 is 10.2 Å². The monoisotopic (exact) mass is 258 g/mol. The number of nitrogens with one attached hydrogen (secondary N) is 1. The molecular formula is C16H22N2O. The van der Waals surface area contributed by atoms with Crippen LogP contribution in [0.4, 0.5) is 11.4 Å². The van der Waals surface area contributed by atoms with Crippen molar-refractivity contribution >= 4 is 17.3 Å². The number of amides is 1. The van der Waals surface area contributed by atoms with E-state index >= 15 is 0 Å². The fourth-order valence-electron chi connectivity index (χ4n) is 2.82. The zero-order valence-corrected chi connectivity index (χ0v) is 11.4. The summed E-state index contributed by atoms with van der Waals surface area (Å²) in [5.41, 5.74) is 2.21. The molecule has 3 nitrogen and oxygen atoms in total. The molecule has 2 fully saturated rings. The summed E-state index contributed by atoms with van der Waals surface area (Å²) in [6, 6.07) is 8.31. The van der Waals surface area contributed by atoms with Crippen molar-refractivity contribution in [2.24, 2.45) is 5.92 Å². The summed E-state index contributed by atoms with van der Waals surface area (Å²) >= 11 is 0. The van der Waals surface area contributed by atoms with Gasteiger partial charge in [-0.15, -0.1) is 0 Å². The molecule has 0 bridgehead atoms. The lowest BCUT2D eigenvalue weighted by Gasteiger charge is -2.29. The molecule has 3 rings (SSSR count). The number of hydrogen-bond acceptors (Lipinski definition) is 2. The highest BCUT2D eigenvalue weighted by Crippen LogP contribution is 2.28. The molecule has 19 heavy (non-hydrogen) atoms. The third-order valence-corrected chi connectivity index (χ3v) is 4.33. The van der Waals surface area contributed by atoms with E-state index in [0.29, 0.717) is 0 Å². The zero-order chi connectivity index (χ0) is 13.1. The summed E-state index contributed by atoms with van der Waals surface area (Å²) < 4.78 is 0. The molecule has 1 aromatic rings. The van der Waals surface area contributed by atoms with E-state index in [9.17, 15) is 4.79 Å². The molecule has 2 aliphatic rings. The summed E-state index contributed by atoms with van der Waals surface area (Å²) in [6.07, 6.45) is 7.24. The molecule has 1 aliphatic carbocycles. The molecule has 0 aromatic heterocycles. The molecule has 1 saturated heterocycles. The van der Waals surface area contributed by atoms with E-state index in [2.05, 4.69) is 22.3 Å². The minimum absolute atomic E-state index is 0.192. The summed E-state index contributed by atoms with van der Waals surface area (Å²) in [7, 11) is 0. The largest absolute Gasteiger partial charge is 0.372 e. The first-order chi connectivity index (χ1) is 9.33. The average molecular weight is 258 g/mol. The summed E-state index contributed by atoms with van der Waals surface area (Å²) in [4.78, 5) is 14.3. The number of carbonyl (C=O) groups excluding carboxylic acids is 1. The predicted octanol–water partition coefficient (Wildman–Crippen LogP) is 3.42. The van der Waals surface area contributed by atoms with Crippen LogP contribution in [-0.4, -0.2) is 19.0 Å². The summed E-state index contributed by atoms with van der Waals surface area (Å²) in [6.45, 7) is 2.32. The van der Waals surface area contributed by atoms with E-state index in [1.54, 1.807) is 0 Å². The number of piperidine rings is 1. The van der Waals surface area contributed by atoms with Gasteiger partial charge in [0.15, 0.2) is 0 Å². The Bertz CT molecular complexity index is 431. The maximum atomic E-state index is 11.9. The van der Waals surface area contributed by atoms with Crippen LogP contribution in [0.3, 0.4) is 0 Å². The van der Waals surface area contributed by atoms with Gasteiger partial charge in [-0.25, -0.2) is 0 Å². The lowest BCUT2D eigenvalue weighted by Crippen LogP contribution is -2.29. The van der Waals surface area contributed by atoms with Gasteiger partial charge in [-0.2, -0.15) is 0 Å². The molecule has 1 saturated carbocycles. The van der Waals surface area contributed by atoms with E-state index in [1.165, 1.54) is 31.4 Å². The first kappa shape index (κ1) is 12.5. The first-order valence-corrected chi connectivity index (χ1v) is 7.49. The second-order valence-electron chi connectivity index (χ2n) is 5.71. The molecule has 1 aromatic carbocycles. The molecule has 0 spiro atoms. The Balaban J connectivity index is 1.59. The van der Waals surface area contributed by atoms with Crippen LogP contribution in [0.25, 0.3) is 0 Å². The van der Waals surface area contributed by atoms with Crippen molar-refractivity contribution in [3.63, 3.8) is 0 Å². The lowest BCUT2D eigenvalue weighted by atomic mass is 9.85. The van der Waals surface area contributed by atoms with Gasteiger partial charge < -0.3 is 10.2 Å². The Morgan fingerprint density at radius 2 is 1.68 bits per heavy atom. The number of carbonyl (C=O) groups is 1. The Labute approximate surface area is 115 Å². The van der Waals surface area contributed by atoms with Gasteiger partial charge in [0.05, 0.1) is 0 Å². The number of rotatable bonds is 3. The third kappa shape index (κ3) is 2.91. The highest BCUT2D eigenvalue weighted by atomic mass is 16.1. The lowest BCUT2D eigenvalue weighted by molar-refractivity contribution is -0.122. The van der Waals surface area contributed by atoms with Crippen LogP contribution >= 0.6 is 0 Å².